The molecule has 0 amide bonds. The Labute approximate surface area is 110 Å². The maximum atomic E-state index is 5.67. The van der Waals surface area contributed by atoms with Crippen molar-refractivity contribution in [3.05, 3.63) is 24.3 Å². The number of nitrogen functional groups attached to an aromatic ring is 1. The van der Waals surface area contributed by atoms with E-state index in [1.165, 1.54) is 0 Å². The largest absolute Gasteiger partial charge is 0.493 e. The number of thiol groups is 1. The van der Waals surface area contributed by atoms with Gasteiger partial charge in [-0.3, -0.25) is 0 Å². The number of rotatable bonds is 3. The van der Waals surface area contributed by atoms with Gasteiger partial charge in [0.2, 0.25) is 0 Å². The molecule has 0 saturated heterocycles. The van der Waals surface area contributed by atoms with E-state index in [4.69, 9.17) is 15.2 Å². The first-order valence-corrected chi connectivity index (χ1v) is 5.64. The monoisotopic (exact) mass is 263 g/mol. The van der Waals surface area contributed by atoms with Gasteiger partial charge in [-0.05, 0) is 18.2 Å². The topological polar surface area (TPSA) is 70.3 Å². The van der Waals surface area contributed by atoms with E-state index in [0.29, 0.717) is 28.2 Å². The van der Waals surface area contributed by atoms with Crippen molar-refractivity contribution in [2.24, 2.45) is 0 Å². The number of hydrogen-bond acceptors (Lipinski definition) is 6. The molecule has 0 unspecified atom stereocenters. The normalized spacial score (nSPS) is 10.2. The molecule has 0 spiro atoms. The third-order valence-corrected chi connectivity index (χ3v) is 2.61. The Hall–Kier alpha value is -1.95. The van der Waals surface area contributed by atoms with Gasteiger partial charge in [0.1, 0.15) is 5.82 Å². The zero-order valence-electron chi connectivity index (χ0n) is 10.0. The summed E-state index contributed by atoms with van der Waals surface area (Å²) in [5.74, 6) is 1.67. The number of nitrogens with zero attached hydrogens (tertiary/aromatic N) is 2. The molecule has 1 aromatic heterocycles. The van der Waals surface area contributed by atoms with E-state index in [1.807, 2.05) is 18.2 Å². The fourth-order valence-corrected chi connectivity index (χ4v) is 1.82. The van der Waals surface area contributed by atoms with Crippen molar-refractivity contribution in [3.63, 3.8) is 0 Å². The lowest BCUT2D eigenvalue weighted by Gasteiger charge is -2.09. The highest BCUT2D eigenvalue weighted by molar-refractivity contribution is 7.80. The number of hydrogen-bond donors (Lipinski definition) is 2. The molecule has 0 aliphatic carbocycles. The number of ether oxygens (including phenoxy) is 2. The van der Waals surface area contributed by atoms with Crippen LogP contribution in [-0.4, -0.2) is 24.2 Å². The standard InChI is InChI=1S/C12H13N3O2S/c1-16-9-4-3-7(5-10(9)17-2)8-6-11(13)15-12(18)14-8/h3-6H,1-2H3,(H3,13,14,15,18). The summed E-state index contributed by atoms with van der Waals surface area (Å²) in [7, 11) is 3.17. The van der Waals surface area contributed by atoms with Crippen LogP contribution in [0.15, 0.2) is 29.4 Å². The van der Waals surface area contributed by atoms with Crippen LogP contribution in [0.4, 0.5) is 5.82 Å². The van der Waals surface area contributed by atoms with Gasteiger partial charge in [0.05, 0.1) is 19.9 Å². The smallest absolute Gasteiger partial charge is 0.186 e. The summed E-state index contributed by atoms with van der Waals surface area (Å²) in [5.41, 5.74) is 7.21. The molecule has 94 valence electrons. The van der Waals surface area contributed by atoms with Crippen LogP contribution in [0.2, 0.25) is 0 Å². The van der Waals surface area contributed by atoms with E-state index < -0.39 is 0 Å². The molecule has 2 rings (SSSR count). The minimum atomic E-state index is 0.333. The zero-order chi connectivity index (χ0) is 13.1. The van der Waals surface area contributed by atoms with Gasteiger partial charge >= 0.3 is 0 Å². The molecule has 18 heavy (non-hydrogen) atoms. The highest BCUT2D eigenvalue weighted by atomic mass is 32.1. The zero-order valence-corrected chi connectivity index (χ0v) is 10.9. The molecule has 1 heterocycles. The Balaban J connectivity index is 2.50. The molecule has 2 aromatic rings. The van der Waals surface area contributed by atoms with Gasteiger partial charge in [-0.2, -0.15) is 0 Å². The summed E-state index contributed by atoms with van der Waals surface area (Å²) in [4.78, 5) is 8.12. The van der Waals surface area contributed by atoms with Gasteiger partial charge in [0, 0.05) is 11.6 Å². The van der Waals surface area contributed by atoms with Crippen molar-refractivity contribution in [2.75, 3.05) is 20.0 Å². The second-order valence-corrected chi connectivity index (χ2v) is 3.95. The molecule has 2 N–H and O–H groups in total. The highest BCUT2D eigenvalue weighted by Gasteiger charge is 2.08. The molecule has 0 atom stereocenters. The van der Waals surface area contributed by atoms with Crippen molar-refractivity contribution < 1.29 is 9.47 Å². The molecule has 0 radical (unpaired) electrons. The van der Waals surface area contributed by atoms with Gasteiger partial charge in [0.15, 0.2) is 16.7 Å². The molecule has 6 heteroatoms. The average Bonchev–Trinajstić information content (AvgIpc) is 2.36. The van der Waals surface area contributed by atoms with Gasteiger partial charge in [-0.15, -0.1) is 12.6 Å². The molecule has 0 bridgehead atoms. The minimum absolute atomic E-state index is 0.333. The van der Waals surface area contributed by atoms with Crippen molar-refractivity contribution >= 4 is 18.4 Å². The van der Waals surface area contributed by atoms with Crippen LogP contribution in [0.1, 0.15) is 0 Å². The predicted octanol–water partition coefficient (Wildman–Crippen LogP) is 2.03. The molecule has 1 aromatic carbocycles. The average molecular weight is 263 g/mol. The van der Waals surface area contributed by atoms with Crippen LogP contribution in [-0.2, 0) is 0 Å². The minimum Gasteiger partial charge on any atom is -0.493 e. The van der Waals surface area contributed by atoms with Gasteiger partial charge < -0.3 is 15.2 Å². The van der Waals surface area contributed by atoms with Crippen LogP contribution in [0.5, 0.6) is 11.5 Å². The maximum absolute atomic E-state index is 5.67. The molecule has 0 fully saturated rings. The first kappa shape index (κ1) is 12.5. The first-order chi connectivity index (χ1) is 8.63. The number of benzene rings is 1. The summed E-state index contributed by atoms with van der Waals surface area (Å²) in [6.45, 7) is 0. The molecular formula is C12H13N3O2S. The Bertz CT molecular complexity index is 555. The highest BCUT2D eigenvalue weighted by Crippen LogP contribution is 2.32. The molecule has 5 nitrogen and oxygen atoms in total. The second kappa shape index (κ2) is 5.14. The molecular weight excluding hydrogens is 250 g/mol. The van der Waals surface area contributed by atoms with Crippen molar-refractivity contribution in [1.82, 2.24) is 9.97 Å². The fraction of sp³-hybridized carbons (Fsp3) is 0.167. The number of anilines is 1. The SMILES string of the molecule is COc1ccc(-c2cc(N)nc(S)n2)cc1OC. The van der Waals surface area contributed by atoms with E-state index in [-0.39, 0.29) is 0 Å². The van der Waals surface area contributed by atoms with E-state index in [1.54, 1.807) is 20.3 Å². The van der Waals surface area contributed by atoms with Crippen molar-refractivity contribution in [1.29, 1.82) is 0 Å². The molecule has 0 aliphatic rings. The van der Waals surface area contributed by atoms with Crippen molar-refractivity contribution in [2.45, 2.75) is 5.16 Å². The second-order valence-electron chi connectivity index (χ2n) is 3.55. The van der Waals surface area contributed by atoms with E-state index in [0.717, 1.165) is 5.56 Å². The van der Waals surface area contributed by atoms with Gasteiger partial charge in [0.25, 0.3) is 0 Å². The van der Waals surface area contributed by atoms with Crippen LogP contribution >= 0.6 is 12.6 Å². The lowest BCUT2D eigenvalue weighted by Crippen LogP contribution is -1.96. The fourth-order valence-electron chi connectivity index (χ4n) is 1.60. The van der Waals surface area contributed by atoms with Crippen molar-refractivity contribution in [3.8, 4) is 22.8 Å². The van der Waals surface area contributed by atoms with Crippen LogP contribution < -0.4 is 15.2 Å². The Morgan fingerprint density at radius 2 is 1.78 bits per heavy atom. The molecule has 0 aliphatic heterocycles. The Morgan fingerprint density at radius 1 is 1.06 bits per heavy atom. The van der Waals surface area contributed by atoms with Crippen LogP contribution in [0, 0.1) is 0 Å². The van der Waals surface area contributed by atoms with Gasteiger partial charge in [-0.1, -0.05) is 0 Å². The lowest BCUT2D eigenvalue weighted by molar-refractivity contribution is 0.355. The number of aromatic nitrogens is 2. The van der Waals surface area contributed by atoms with E-state index in [2.05, 4.69) is 22.6 Å². The summed E-state index contributed by atoms with van der Waals surface area (Å²) < 4.78 is 10.4. The van der Waals surface area contributed by atoms with Crippen LogP contribution in [0.25, 0.3) is 11.3 Å². The Kier molecular flexibility index (Phi) is 3.57. The summed E-state index contributed by atoms with van der Waals surface area (Å²) >= 11 is 4.10. The summed E-state index contributed by atoms with van der Waals surface area (Å²) in [6, 6.07) is 7.19. The van der Waals surface area contributed by atoms with Crippen LogP contribution in [0.3, 0.4) is 0 Å². The van der Waals surface area contributed by atoms with E-state index in [9.17, 15) is 0 Å². The van der Waals surface area contributed by atoms with E-state index >= 15 is 0 Å². The van der Waals surface area contributed by atoms with Gasteiger partial charge in [-0.25, -0.2) is 9.97 Å². The third kappa shape index (κ3) is 2.48. The molecule has 0 saturated carbocycles. The lowest BCUT2D eigenvalue weighted by atomic mass is 10.1. The summed E-state index contributed by atoms with van der Waals surface area (Å²) in [6.07, 6.45) is 0. The number of nitrogens with two attached hydrogens (primary N) is 1. The summed E-state index contributed by atoms with van der Waals surface area (Å²) in [5, 5.41) is 0.333. The quantitative estimate of drug-likeness (QED) is 0.655. The maximum Gasteiger partial charge on any atom is 0.186 e. The predicted molar refractivity (Wildman–Crippen MR) is 72.2 cm³/mol. The Morgan fingerprint density at radius 3 is 2.39 bits per heavy atom. The third-order valence-electron chi connectivity index (χ3n) is 2.41. The number of methoxy groups -OCH3 is 2. The first-order valence-electron chi connectivity index (χ1n) is 5.20.